The lowest BCUT2D eigenvalue weighted by molar-refractivity contribution is -0.0449. The Morgan fingerprint density at radius 1 is 0.514 bits per heavy atom. The summed E-state index contributed by atoms with van der Waals surface area (Å²) in [5.74, 6) is 0. The fourth-order valence-electron chi connectivity index (χ4n) is 3.68. The van der Waals surface area contributed by atoms with E-state index in [0.29, 0.717) is 27.9 Å². The molecule has 0 atom stereocenters. The van der Waals surface area contributed by atoms with E-state index in [1.54, 1.807) is 24.3 Å². The highest BCUT2D eigenvalue weighted by molar-refractivity contribution is 5.89. The van der Waals surface area contributed by atoms with Gasteiger partial charge < -0.3 is 10.6 Å². The first-order chi connectivity index (χ1) is 18.0. The first-order valence-corrected chi connectivity index (χ1v) is 11.8. The lowest BCUT2D eigenvalue weighted by Crippen LogP contribution is -2.31. The van der Waals surface area contributed by atoms with Crippen molar-refractivity contribution in [2.45, 2.75) is 19.5 Å². The van der Waals surface area contributed by atoms with Crippen LogP contribution in [0.5, 0.6) is 0 Å². The average Bonchev–Trinajstić information content (AvgIpc) is 2.92. The predicted molar refractivity (Wildman–Crippen MR) is 141 cm³/mol. The van der Waals surface area contributed by atoms with E-state index in [2.05, 4.69) is 10.6 Å². The van der Waals surface area contributed by atoms with Crippen LogP contribution in [-0.4, -0.2) is 32.6 Å². The van der Waals surface area contributed by atoms with Crippen molar-refractivity contribution in [1.82, 2.24) is 10.1 Å². The molecular formula is C29H28N4O4. The zero-order valence-electron chi connectivity index (χ0n) is 20.1. The van der Waals surface area contributed by atoms with Crippen molar-refractivity contribution < 1.29 is 20.0 Å². The Labute approximate surface area is 215 Å². The van der Waals surface area contributed by atoms with Crippen LogP contribution in [0.2, 0.25) is 0 Å². The highest BCUT2D eigenvalue weighted by Gasteiger charge is 2.13. The van der Waals surface area contributed by atoms with Crippen LogP contribution < -0.4 is 10.6 Å². The van der Waals surface area contributed by atoms with Crippen LogP contribution in [0.15, 0.2) is 109 Å². The molecule has 4 rings (SSSR count). The summed E-state index contributed by atoms with van der Waals surface area (Å²) in [4.78, 5) is 24.5. The van der Waals surface area contributed by atoms with Crippen LogP contribution in [-0.2, 0) is 19.5 Å². The lowest BCUT2D eigenvalue weighted by atomic mass is 10.0. The Kier molecular flexibility index (Phi) is 8.49. The highest BCUT2D eigenvalue weighted by atomic mass is 16.5. The van der Waals surface area contributed by atoms with E-state index < -0.39 is 12.1 Å². The van der Waals surface area contributed by atoms with Gasteiger partial charge in [0.2, 0.25) is 0 Å². The van der Waals surface area contributed by atoms with Crippen molar-refractivity contribution in [2.75, 3.05) is 10.6 Å². The normalized spacial score (nSPS) is 10.4. The number of carbonyl (C=O) groups is 2. The fraction of sp³-hybridized carbons (Fsp3) is 0.103. The van der Waals surface area contributed by atoms with E-state index in [1.165, 1.54) is 0 Å². The summed E-state index contributed by atoms with van der Waals surface area (Å²) < 4.78 is 0. The van der Waals surface area contributed by atoms with Crippen LogP contribution in [0.25, 0.3) is 0 Å². The molecule has 8 heteroatoms. The summed E-state index contributed by atoms with van der Waals surface area (Å²) in [6, 6.07) is 32.0. The molecule has 0 spiro atoms. The van der Waals surface area contributed by atoms with Gasteiger partial charge in [-0.05, 0) is 52.9 Å². The second-order valence-corrected chi connectivity index (χ2v) is 8.52. The summed E-state index contributed by atoms with van der Waals surface area (Å²) in [6.45, 7) is 0.176. The second kappa shape index (κ2) is 12.3. The fourth-order valence-corrected chi connectivity index (χ4v) is 3.68. The predicted octanol–water partition coefficient (Wildman–Crippen LogP) is 6.12. The van der Waals surface area contributed by atoms with Gasteiger partial charge in [-0.25, -0.2) is 19.7 Å². The molecule has 0 aliphatic carbocycles. The quantitative estimate of drug-likeness (QED) is 0.174. The molecule has 4 aromatic carbocycles. The number of hydrogen-bond acceptors (Lipinski definition) is 4. The molecular weight excluding hydrogens is 468 g/mol. The number of nitrogens with zero attached hydrogens (tertiary/aromatic N) is 2. The standard InChI is InChI=1S/C29H28N4O4/c34-28(32(36)20-24-7-3-1-4-8-24)30-26-15-11-22(12-16-26)19-23-13-17-27(18-14-23)31-29(35)33(37)21-25-9-5-2-6-10-25/h1-18,36-37H,19-21H2,(H,30,34)(H,31,35). The summed E-state index contributed by atoms with van der Waals surface area (Å²) >= 11 is 0. The smallest absolute Gasteiger partial charge is 0.306 e. The van der Waals surface area contributed by atoms with Crippen LogP contribution in [0.3, 0.4) is 0 Å². The maximum atomic E-state index is 12.3. The molecule has 0 unspecified atom stereocenters. The molecule has 8 nitrogen and oxygen atoms in total. The number of anilines is 2. The second-order valence-electron chi connectivity index (χ2n) is 8.52. The van der Waals surface area contributed by atoms with Crippen LogP contribution in [0.1, 0.15) is 22.3 Å². The number of urea groups is 2. The molecule has 0 bridgehead atoms. The molecule has 0 radical (unpaired) electrons. The third-order valence-corrected chi connectivity index (χ3v) is 5.64. The number of carbonyl (C=O) groups excluding carboxylic acids is 2. The zero-order chi connectivity index (χ0) is 26.0. The Hall–Kier alpha value is -4.66. The number of hydroxylamine groups is 4. The van der Waals surface area contributed by atoms with Gasteiger partial charge in [0, 0.05) is 11.4 Å². The molecule has 0 saturated carbocycles. The molecule has 0 aromatic heterocycles. The van der Waals surface area contributed by atoms with Gasteiger partial charge in [0.05, 0.1) is 13.1 Å². The highest BCUT2D eigenvalue weighted by Crippen LogP contribution is 2.17. The van der Waals surface area contributed by atoms with Crippen molar-refractivity contribution in [3.05, 3.63) is 131 Å². The lowest BCUT2D eigenvalue weighted by Gasteiger charge is -2.16. The largest absolute Gasteiger partial charge is 0.345 e. The van der Waals surface area contributed by atoms with Gasteiger partial charge in [-0.3, -0.25) is 10.4 Å². The monoisotopic (exact) mass is 496 g/mol. The van der Waals surface area contributed by atoms with Crippen molar-refractivity contribution >= 4 is 23.4 Å². The van der Waals surface area contributed by atoms with Gasteiger partial charge >= 0.3 is 12.1 Å². The topological polar surface area (TPSA) is 105 Å². The maximum absolute atomic E-state index is 12.3. The maximum Gasteiger partial charge on any atom is 0.345 e. The van der Waals surface area contributed by atoms with E-state index in [4.69, 9.17) is 0 Å². The molecule has 188 valence electrons. The Bertz CT molecular complexity index is 1190. The first-order valence-electron chi connectivity index (χ1n) is 11.8. The van der Waals surface area contributed by atoms with E-state index >= 15 is 0 Å². The van der Waals surface area contributed by atoms with Crippen molar-refractivity contribution in [3.8, 4) is 0 Å². The van der Waals surface area contributed by atoms with Gasteiger partial charge in [0.1, 0.15) is 0 Å². The number of rotatable bonds is 8. The molecule has 0 heterocycles. The molecule has 0 fully saturated rings. The van der Waals surface area contributed by atoms with E-state index in [1.807, 2.05) is 84.9 Å². The minimum Gasteiger partial charge on any atom is -0.306 e. The molecule has 4 aromatic rings. The van der Waals surface area contributed by atoms with Gasteiger partial charge in [0.15, 0.2) is 0 Å². The molecule has 0 aliphatic rings. The van der Waals surface area contributed by atoms with Gasteiger partial charge in [0.25, 0.3) is 0 Å². The number of nitrogens with one attached hydrogen (secondary N) is 2. The molecule has 0 aliphatic heterocycles. The van der Waals surface area contributed by atoms with Crippen LogP contribution >= 0.6 is 0 Å². The zero-order valence-corrected chi connectivity index (χ0v) is 20.1. The minimum absolute atomic E-state index is 0.0879. The third-order valence-electron chi connectivity index (χ3n) is 5.64. The Morgan fingerprint density at radius 2 is 0.865 bits per heavy atom. The summed E-state index contributed by atoms with van der Waals surface area (Å²) in [5.41, 5.74) is 4.85. The first kappa shape index (κ1) is 25.4. The SMILES string of the molecule is O=C(Nc1ccc(Cc2ccc(NC(=O)N(O)Cc3ccccc3)cc2)cc1)N(O)Cc1ccccc1. The average molecular weight is 497 g/mol. The molecule has 4 amide bonds. The third kappa shape index (κ3) is 7.66. The Morgan fingerprint density at radius 3 is 1.22 bits per heavy atom. The van der Waals surface area contributed by atoms with Crippen molar-refractivity contribution in [2.24, 2.45) is 0 Å². The molecule has 4 N–H and O–H groups in total. The van der Waals surface area contributed by atoms with Crippen LogP contribution in [0.4, 0.5) is 21.0 Å². The van der Waals surface area contributed by atoms with Gasteiger partial charge in [-0.15, -0.1) is 0 Å². The van der Waals surface area contributed by atoms with Gasteiger partial charge in [-0.2, -0.15) is 0 Å². The van der Waals surface area contributed by atoms with Crippen molar-refractivity contribution in [3.63, 3.8) is 0 Å². The molecule has 0 saturated heterocycles. The van der Waals surface area contributed by atoms with E-state index in [9.17, 15) is 20.0 Å². The minimum atomic E-state index is -0.612. The van der Waals surface area contributed by atoms with Crippen LogP contribution in [0, 0.1) is 0 Å². The van der Waals surface area contributed by atoms with E-state index in [-0.39, 0.29) is 13.1 Å². The number of amides is 4. The summed E-state index contributed by atoms with van der Waals surface area (Å²) in [6.07, 6.45) is 0.655. The van der Waals surface area contributed by atoms with Gasteiger partial charge in [-0.1, -0.05) is 84.9 Å². The van der Waals surface area contributed by atoms with E-state index in [0.717, 1.165) is 22.3 Å². The summed E-state index contributed by atoms with van der Waals surface area (Å²) in [5, 5.41) is 26.7. The van der Waals surface area contributed by atoms with Crippen molar-refractivity contribution in [1.29, 1.82) is 0 Å². The molecule has 37 heavy (non-hydrogen) atoms. The number of hydrogen-bond donors (Lipinski definition) is 4. The summed E-state index contributed by atoms with van der Waals surface area (Å²) in [7, 11) is 0. The Balaban J connectivity index is 1.26. The number of benzene rings is 4.